The zero-order valence-electron chi connectivity index (χ0n) is 16.0. The van der Waals surface area contributed by atoms with Crippen molar-refractivity contribution < 1.29 is 9.32 Å². The molecule has 0 spiro atoms. The highest BCUT2D eigenvalue weighted by atomic mass is 16.5. The first kappa shape index (κ1) is 17.2. The molecule has 142 valence electrons. The molecule has 5 heteroatoms. The first-order valence-corrected chi connectivity index (χ1v) is 10.0. The van der Waals surface area contributed by atoms with Crippen LogP contribution in [-0.2, 0) is 17.6 Å². The molecule has 5 rings (SSSR count). The predicted octanol–water partition coefficient (Wildman–Crippen LogP) is 4.44. The van der Waals surface area contributed by atoms with Crippen molar-refractivity contribution in [2.24, 2.45) is 0 Å². The first-order chi connectivity index (χ1) is 13.7. The van der Waals surface area contributed by atoms with Crippen LogP contribution in [0.5, 0.6) is 0 Å². The number of hydrogen-bond acceptors (Lipinski definition) is 4. The van der Waals surface area contributed by atoms with Crippen LogP contribution in [0.25, 0.3) is 11.4 Å². The molecule has 3 aromatic rings. The minimum atomic E-state index is -0.0574. The van der Waals surface area contributed by atoms with E-state index in [2.05, 4.69) is 28.3 Å². The number of aryl methyl sites for hydroxylation is 2. The second-order valence-corrected chi connectivity index (χ2v) is 7.85. The van der Waals surface area contributed by atoms with Crippen LogP contribution in [0.1, 0.15) is 47.8 Å². The number of carbonyl (C=O) groups excluding carboxylic acids is 1. The van der Waals surface area contributed by atoms with Gasteiger partial charge in [0, 0.05) is 24.2 Å². The van der Waals surface area contributed by atoms with Crippen LogP contribution < -0.4 is 4.90 Å². The number of aromatic nitrogens is 2. The van der Waals surface area contributed by atoms with Gasteiger partial charge in [0.15, 0.2) is 0 Å². The summed E-state index contributed by atoms with van der Waals surface area (Å²) >= 11 is 0. The molecule has 0 N–H and O–H groups in total. The summed E-state index contributed by atoms with van der Waals surface area (Å²) in [5.41, 5.74) is 5.89. The summed E-state index contributed by atoms with van der Waals surface area (Å²) in [7, 11) is 0. The summed E-state index contributed by atoms with van der Waals surface area (Å²) < 4.78 is 5.55. The van der Waals surface area contributed by atoms with E-state index >= 15 is 0 Å². The van der Waals surface area contributed by atoms with Gasteiger partial charge in [0.2, 0.25) is 17.6 Å². The summed E-state index contributed by atoms with van der Waals surface area (Å²) in [5, 5.41) is 4.15. The topological polar surface area (TPSA) is 59.2 Å². The Morgan fingerprint density at radius 3 is 2.86 bits per heavy atom. The molecule has 1 aliphatic heterocycles. The van der Waals surface area contributed by atoms with Gasteiger partial charge in [0.25, 0.3) is 0 Å². The fourth-order valence-electron chi connectivity index (χ4n) is 4.42. The van der Waals surface area contributed by atoms with Gasteiger partial charge in [0.1, 0.15) is 0 Å². The monoisotopic (exact) mass is 373 g/mol. The van der Waals surface area contributed by atoms with E-state index in [9.17, 15) is 4.79 Å². The van der Waals surface area contributed by atoms with E-state index < -0.39 is 0 Å². The summed E-state index contributed by atoms with van der Waals surface area (Å²) in [6.07, 6.45) is 5.00. The molecule has 1 saturated heterocycles. The third-order valence-electron chi connectivity index (χ3n) is 5.85. The van der Waals surface area contributed by atoms with E-state index in [0.29, 0.717) is 24.7 Å². The van der Waals surface area contributed by atoms with E-state index in [-0.39, 0.29) is 11.8 Å². The number of amides is 1. The predicted molar refractivity (Wildman–Crippen MR) is 107 cm³/mol. The molecule has 1 atom stereocenters. The number of carbonyl (C=O) groups is 1. The molecule has 1 aliphatic carbocycles. The highest BCUT2D eigenvalue weighted by molar-refractivity contribution is 5.97. The van der Waals surface area contributed by atoms with E-state index in [1.165, 1.54) is 24.0 Å². The number of rotatable bonds is 3. The van der Waals surface area contributed by atoms with Crippen molar-refractivity contribution in [2.75, 3.05) is 11.4 Å². The maximum Gasteiger partial charge on any atom is 0.232 e. The molecule has 0 bridgehead atoms. The van der Waals surface area contributed by atoms with E-state index in [0.717, 1.165) is 29.7 Å². The van der Waals surface area contributed by atoms with E-state index in [1.807, 2.05) is 36.1 Å². The first-order valence-electron chi connectivity index (χ1n) is 10.0. The highest BCUT2D eigenvalue weighted by Gasteiger charge is 2.36. The van der Waals surface area contributed by atoms with Crippen molar-refractivity contribution in [2.45, 2.75) is 44.9 Å². The van der Waals surface area contributed by atoms with E-state index in [1.54, 1.807) is 0 Å². The van der Waals surface area contributed by atoms with Crippen molar-refractivity contribution in [3.63, 3.8) is 0 Å². The zero-order valence-corrected chi connectivity index (χ0v) is 16.0. The number of benzene rings is 2. The lowest BCUT2D eigenvalue weighted by Crippen LogP contribution is -2.26. The Morgan fingerprint density at radius 2 is 1.96 bits per heavy atom. The Hall–Kier alpha value is -2.95. The van der Waals surface area contributed by atoms with Gasteiger partial charge < -0.3 is 9.42 Å². The number of anilines is 1. The number of nitrogens with zero attached hydrogens (tertiary/aromatic N) is 3. The van der Waals surface area contributed by atoms with Crippen molar-refractivity contribution >= 4 is 11.6 Å². The zero-order chi connectivity index (χ0) is 19.1. The van der Waals surface area contributed by atoms with Crippen LogP contribution in [0.15, 0.2) is 47.0 Å². The van der Waals surface area contributed by atoms with Crippen LogP contribution >= 0.6 is 0 Å². The quantitative estimate of drug-likeness (QED) is 0.681. The van der Waals surface area contributed by atoms with Gasteiger partial charge >= 0.3 is 0 Å². The van der Waals surface area contributed by atoms with Gasteiger partial charge in [-0.1, -0.05) is 41.1 Å². The molecule has 1 aromatic heterocycles. The molecule has 2 heterocycles. The van der Waals surface area contributed by atoms with Crippen LogP contribution in [0.3, 0.4) is 0 Å². The second-order valence-electron chi connectivity index (χ2n) is 7.85. The Labute approximate surface area is 164 Å². The van der Waals surface area contributed by atoms with Crippen LogP contribution in [0.4, 0.5) is 5.69 Å². The summed E-state index contributed by atoms with van der Waals surface area (Å²) in [6.45, 7) is 2.64. The van der Waals surface area contributed by atoms with Gasteiger partial charge in [-0.2, -0.15) is 4.98 Å². The lowest BCUT2D eigenvalue weighted by Gasteiger charge is -2.25. The maximum atomic E-state index is 12.8. The average Bonchev–Trinajstić information content (AvgIpc) is 3.34. The highest BCUT2D eigenvalue weighted by Crippen LogP contribution is 2.36. The molecule has 0 radical (unpaired) electrons. The lowest BCUT2D eigenvalue weighted by atomic mass is 9.90. The molecule has 2 aromatic carbocycles. The SMILES string of the molecule is Cc1cccc(-c2noc(C3CC(=O)N(c4cccc5c4CCCC5)C3)n2)c1. The Morgan fingerprint density at radius 1 is 1.11 bits per heavy atom. The Balaban J connectivity index is 1.41. The normalized spacial score (nSPS) is 19.1. The third-order valence-corrected chi connectivity index (χ3v) is 5.85. The van der Waals surface area contributed by atoms with Crippen LogP contribution in [0, 0.1) is 6.92 Å². The molecular weight excluding hydrogens is 350 g/mol. The summed E-state index contributed by atoms with van der Waals surface area (Å²) in [4.78, 5) is 19.3. The van der Waals surface area contributed by atoms with Crippen molar-refractivity contribution in [3.8, 4) is 11.4 Å². The molecule has 1 amide bonds. The standard InChI is InChI=1S/C23H23N3O2/c1-15-6-4-9-17(12-15)22-24-23(28-25-22)18-13-21(27)26(14-18)20-11-5-8-16-7-2-3-10-19(16)20/h4-6,8-9,11-12,18H,2-3,7,10,13-14H2,1H3. The second kappa shape index (κ2) is 6.89. The smallest absolute Gasteiger partial charge is 0.232 e. The van der Waals surface area contributed by atoms with Crippen molar-refractivity contribution in [3.05, 3.63) is 65.0 Å². The van der Waals surface area contributed by atoms with Gasteiger partial charge in [-0.15, -0.1) is 0 Å². The van der Waals surface area contributed by atoms with Gasteiger partial charge in [-0.3, -0.25) is 4.79 Å². The van der Waals surface area contributed by atoms with E-state index in [4.69, 9.17) is 4.52 Å². The average molecular weight is 373 g/mol. The minimum Gasteiger partial charge on any atom is -0.339 e. The van der Waals surface area contributed by atoms with Crippen molar-refractivity contribution in [1.82, 2.24) is 10.1 Å². The van der Waals surface area contributed by atoms with Gasteiger partial charge in [-0.25, -0.2) is 0 Å². The number of hydrogen-bond donors (Lipinski definition) is 0. The maximum absolute atomic E-state index is 12.8. The lowest BCUT2D eigenvalue weighted by molar-refractivity contribution is -0.117. The van der Waals surface area contributed by atoms with Crippen molar-refractivity contribution in [1.29, 1.82) is 0 Å². The fourth-order valence-corrected chi connectivity index (χ4v) is 4.42. The van der Waals surface area contributed by atoms with Crippen LogP contribution in [-0.4, -0.2) is 22.6 Å². The molecular formula is C23H23N3O2. The molecule has 1 unspecified atom stereocenters. The van der Waals surface area contributed by atoms with Crippen LogP contribution in [0.2, 0.25) is 0 Å². The molecule has 2 aliphatic rings. The molecule has 28 heavy (non-hydrogen) atoms. The summed E-state index contributed by atoms with van der Waals surface area (Å²) in [5.74, 6) is 1.22. The molecule has 0 saturated carbocycles. The summed E-state index contributed by atoms with van der Waals surface area (Å²) in [6, 6.07) is 14.4. The Kier molecular flexibility index (Phi) is 4.23. The number of fused-ring (bicyclic) bond motifs is 1. The van der Waals surface area contributed by atoms with Gasteiger partial charge in [-0.05, 0) is 55.9 Å². The van der Waals surface area contributed by atoms with Gasteiger partial charge in [0.05, 0.1) is 5.92 Å². The minimum absolute atomic E-state index is 0.0574. The molecule has 1 fully saturated rings. The fraction of sp³-hybridized carbons (Fsp3) is 0.348. The largest absolute Gasteiger partial charge is 0.339 e. The molecule has 5 nitrogen and oxygen atoms in total. The Bertz CT molecular complexity index is 1040. The third kappa shape index (κ3) is 3.01.